The Hall–Kier alpha value is -2.82. The van der Waals surface area contributed by atoms with Crippen molar-refractivity contribution in [1.82, 2.24) is 4.98 Å². The van der Waals surface area contributed by atoms with E-state index in [1.165, 1.54) is 30.2 Å². The predicted octanol–water partition coefficient (Wildman–Crippen LogP) is 4.38. The first kappa shape index (κ1) is 17.0. The van der Waals surface area contributed by atoms with Gasteiger partial charge in [0.1, 0.15) is 6.61 Å². The Balaban J connectivity index is 1.46. The van der Waals surface area contributed by atoms with Gasteiger partial charge in [-0.25, -0.2) is 4.39 Å². The lowest BCUT2D eigenvalue weighted by Gasteiger charge is -2.07. The number of esters is 1. The summed E-state index contributed by atoms with van der Waals surface area (Å²) >= 11 is 0. The van der Waals surface area contributed by atoms with Gasteiger partial charge in [0.25, 0.3) is 0 Å². The summed E-state index contributed by atoms with van der Waals surface area (Å²) in [7, 11) is 1.41. The van der Waals surface area contributed by atoms with E-state index in [1.54, 1.807) is 6.07 Å². The smallest absolute Gasteiger partial charge is 0.306 e. The molecule has 0 amide bonds. The molecule has 0 saturated carbocycles. The molecule has 0 radical (unpaired) electrons. The van der Waals surface area contributed by atoms with Crippen molar-refractivity contribution in [3.8, 4) is 5.75 Å². The fourth-order valence-electron chi connectivity index (χ4n) is 2.80. The summed E-state index contributed by atoms with van der Waals surface area (Å²) in [6.07, 6.45) is 3.82. The van der Waals surface area contributed by atoms with Gasteiger partial charge >= 0.3 is 5.97 Å². The van der Waals surface area contributed by atoms with E-state index < -0.39 is 5.82 Å². The van der Waals surface area contributed by atoms with Gasteiger partial charge in [-0.15, -0.1) is 0 Å². The molecule has 3 aromatic rings. The number of hydrogen-bond acceptors (Lipinski definition) is 3. The number of aromatic amines is 1. The molecule has 0 saturated heterocycles. The summed E-state index contributed by atoms with van der Waals surface area (Å²) in [6, 6.07) is 12.6. The van der Waals surface area contributed by atoms with Gasteiger partial charge in [0.15, 0.2) is 11.6 Å². The maximum Gasteiger partial charge on any atom is 0.306 e. The number of benzene rings is 2. The number of aromatic nitrogens is 1. The number of H-pyrrole nitrogens is 1. The molecule has 0 bridgehead atoms. The monoisotopic (exact) mass is 341 g/mol. The Morgan fingerprint density at radius 3 is 2.84 bits per heavy atom. The third-order valence-corrected chi connectivity index (χ3v) is 4.12. The number of carbonyl (C=O) groups is 1. The summed E-state index contributed by atoms with van der Waals surface area (Å²) in [4.78, 5) is 15.1. The molecule has 25 heavy (non-hydrogen) atoms. The molecule has 4 nitrogen and oxygen atoms in total. The molecule has 0 aliphatic rings. The second-order valence-electron chi connectivity index (χ2n) is 5.84. The van der Waals surface area contributed by atoms with Crippen molar-refractivity contribution in [1.29, 1.82) is 0 Å². The Kier molecular flexibility index (Phi) is 5.33. The Morgan fingerprint density at radius 1 is 1.20 bits per heavy atom. The van der Waals surface area contributed by atoms with Crippen molar-refractivity contribution in [2.45, 2.75) is 25.9 Å². The van der Waals surface area contributed by atoms with Crippen molar-refractivity contribution in [2.24, 2.45) is 0 Å². The number of nitrogens with one attached hydrogen (secondary N) is 1. The highest BCUT2D eigenvalue weighted by molar-refractivity contribution is 5.83. The van der Waals surface area contributed by atoms with Crippen molar-refractivity contribution in [3.63, 3.8) is 0 Å². The third-order valence-electron chi connectivity index (χ3n) is 4.12. The average molecular weight is 341 g/mol. The van der Waals surface area contributed by atoms with Crippen LogP contribution < -0.4 is 4.74 Å². The molecule has 5 heteroatoms. The van der Waals surface area contributed by atoms with Crippen molar-refractivity contribution >= 4 is 16.9 Å². The minimum Gasteiger partial charge on any atom is -0.494 e. The fourth-order valence-corrected chi connectivity index (χ4v) is 2.80. The highest BCUT2D eigenvalue weighted by Gasteiger charge is 2.08. The highest BCUT2D eigenvalue weighted by Crippen LogP contribution is 2.20. The number of halogens is 1. The van der Waals surface area contributed by atoms with Gasteiger partial charge < -0.3 is 14.5 Å². The van der Waals surface area contributed by atoms with Gasteiger partial charge in [0.2, 0.25) is 0 Å². The van der Waals surface area contributed by atoms with Crippen LogP contribution in [-0.2, 0) is 22.6 Å². The first-order valence-corrected chi connectivity index (χ1v) is 8.20. The van der Waals surface area contributed by atoms with E-state index in [4.69, 9.17) is 9.47 Å². The number of ether oxygens (including phenoxy) is 2. The standard InChI is InChI=1S/C20H20FNO3/c1-24-19-10-9-14(11-17(19)21)13-25-20(23)8-4-5-15-12-22-18-7-3-2-6-16(15)18/h2-3,6-7,9-12,22H,4-5,8,13H2,1H3. The lowest BCUT2D eigenvalue weighted by molar-refractivity contribution is -0.145. The first-order valence-electron chi connectivity index (χ1n) is 8.20. The van der Waals surface area contributed by atoms with Crippen LogP contribution in [0.1, 0.15) is 24.0 Å². The summed E-state index contributed by atoms with van der Waals surface area (Å²) in [6.45, 7) is 0.0623. The van der Waals surface area contributed by atoms with Crippen LogP contribution in [0.4, 0.5) is 4.39 Å². The normalized spacial score (nSPS) is 10.8. The lowest BCUT2D eigenvalue weighted by atomic mass is 10.1. The topological polar surface area (TPSA) is 51.3 Å². The van der Waals surface area contributed by atoms with Crippen LogP contribution in [0.3, 0.4) is 0 Å². The van der Waals surface area contributed by atoms with Gasteiger partial charge in [0.05, 0.1) is 7.11 Å². The number of methoxy groups -OCH3 is 1. The van der Waals surface area contributed by atoms with E-state index in [-0.39, 0.29) is 18.3 Å². The molecule has 0 aliphatic heterocycles. The minimum atomic E-state index is -0.463. The molecule has 1 aromatic heterocycles. The van der Waals surface area contributed by atoms with Gasteiger partial charge in [-0.2, -0.15) is 0 Å². The van der Waals surface area contributed by atoms with Crippen LogP contribution in [0.2, 0.25) is 0 Å². The highest BCUT2D eigenvalue weighted by atomic mass is 19.1. The van der Waals surface area contributed by atoms with Crippen LogP contribution >= 0.6 is 0 Å². The predicted molar refractivity (Wildman–Crippen MR) is 94.0 cm³/mol. The minimum absolute atomic E-state index is 0.0623. The van der Waals surface area contributed by atoms with Crippen LogP contribution in [0.5, 0.6) is 5.75 Å². The molecular formula is C20H20FNO3. The molecule has 2 aromatic carbocycles. The third kappa shape index (κ3) is 4.18. The Bertz CT molecular complexity index is 872. The molecule has 130 valence electrons. The van der Waals surface area contributed by atoms with Crippen molar-refractivity contribution < 1.29 is 18.7 Å². The maximum absolute atomic E-state index is 13.6. The first-order chi connectivity index (χ1) is 12.2. The average Bonchev–Trinajstić information content (AvgIpc) is 3.03. The molecule has 1 heterocycles. The van der Waals surface area contributed by atoms with Crippen LogP contribution in [0, 0.1) is 5.82 Å². The van der Waals surface area contributed by atoms with Gasteiger partial charge in [0, 0.05) is 23.5 Å². The van der Waals surface area contributed by atoms with Gasteiger partial charge in [-0.05, 0) is 42.2 Å². The number of para-hydroxylation sites is 1. The molecule has 0 unspecified atom stereocenters. The van der Waals surface area contributed by atoms with E-state index in [0.29, 0.717) is 18.4 Å². The van der Waals surface area contributed by atoms with E-state index in [0.717, 1.165) is 11.9 Å². The van der Waals surface area contributed by atoms with E-state index in [1.807, 2.05) is 24.4 Å². The van der Waals surface area contributed by atoms with E-state index in [9.17, 15) is 9.18 Å². The number of carbonyl (C=O) groups excluding carboxylic acids is 1. The van der Waals surface area contributed by atoms with Gasteiger partial charge in [-0.3, -0.25) is 4.79 Å². The Labute approximate surface area is 145 Å². The van der Waals surface area contributed by atoms with Crippen LogP contribution in [0.15, 0.2) is 48.7 Å². The summed E-state index contributed by atoms with van der Waals surface area (Å²) in [5.74, 6) is -0.569. The zero-order valence-electron chi connectivity index (χ0n) is 14.0. The van der Waals surface area contributed by atoms with E-state index >= 15 is 0 Å². The number of aryl methyl sites for hydroxylation is 1. The second-order valence-corrected chi connectivity index (χ2v) is 5.84. The second kappa shape index (κ2) is 7.83. The number of rotatable bonds is 7. The zero-order valence-corrected chi connectivity index (χ0v) is 14.0. The van der Waals surface area contributed by atoms with Crippen molar-refractivity contribution in [2.75, 3.05) is 7.11 Å². The molecule has 0 fully saturated rings. The molecular weight excluding hydrogens is 321 g/mol. The fraction of sp³-hybridized carbons (Fsp3) is 0.250. The number of fused-ring (bicyclic) bond motifs is 1. The van der Waals surface area contributed by atoms with Gasteiger partial charge in [-0.1, -0.05) is 24.3 Å². The summed E-state index contributed by atoms with van der Waals surface area (Å²) < 4.78 is 23.7. The molecule has 0 spiro atoms. The largest absolute Gasteiger partial charge is 0.494 e. The number of hydrogen-bond donors (Lipinski definition) is 1. The zero-order chi connectivity index (χ0) is 17.6. The summed E-state index contributed by atoms with van der Waals surface area (Å²) in [5, 5.41) is 1.18. The SMILES string of the molecule is COc1ccc(COC(=O)CCCc2c[nH]c3ccccc23)cc1F. The summed E-state index contributed by atoms with van der Waals surface area (Å²) in [5.41, 5.74) is 2.89. The molecule has 0 aliphatic carbocycles. The van der Waals surface area contributed by atoms with Crippen LogP contribution in [-0.4, -0.2) is 18.1 Å². The van der Waals surface area contributed by atoms with Crippen molar-refractivity contribution in [3.05, 3.63) is 65.6 Å². The molecule has 0 atom stereocenters. The quantitative estimate of drug-likeness (QED) is 0.649. The van der Waals surface area contributed by atoms with Crippen LogP contribution in [0.25, 0.3) is 10.9 Å². The lowest BCUT2D eigenvalue weighted by Crippen LogP contribution is -2.05. The molecule has 3 rings (SSSR count). The molecule has 1 N–H and O–H groups in total. The maximum atomic E-state index is 13.6. The Morgan fingerprint density at radius 2 is 2.04 bits per heavy atom. The van der Waals surface area contributed by atoms with E-state index in [2.05, 4.69) is 11.1 Å².